The van der Waals surface area contributed by atoms with Crippen molar-refractivity contribution in [1.29, 1.82) is 5.26 Å². The molecule has 0 atom stereocenters. The van der Waals surface area contributed by atoms with Crippen molar-refractivity contribution in [3.63, 3.8) is 0 Å². The summed E-state index contributed by atoms with van der Waals surface area (Å²) in [5.74, 6) is 0.848. The molecule has 102 valence electrons. The molecule has 0 radical (unpaired) electrons. The predicted molar refractivity (Wildman–Crippen MR) is 76.2 cm³/mol. The molecule has 0 unspecified atom stereocenters. The van der Waals surface area contributed by atoms with E-state index in [1.165, 1.54) is 12.1 Å². The highest BCUT2D eigenvalue weighted by Crippen LogP contribution is 2.25. The Kier molecular flexibility index (Phi) is 4.97. The van der Waals surface area contributed by atoms with Crippen LogP contribution in [0.2, 0.25) is 0 Å². The average molecular weight is 336 g/mol. The molecular formula is C15H11BrFNO2. The summed E-state index contributed by atoms with van der Waals surface area (Å²) in [4.78, 5) is 0. The molecule has 3 nitrogen and oxygen atoms in total. The SMILES string of the molecule is N#Cc1cccc(OCCOc2ccc(F)cc2Br)c1. The second-order valence-corrected chi connectivity index (χ2v) is 4.77. The number of nitrogens with zero attached hydrogens (tertiary/aromatic N) is 1. The van der Waals surface area contributed by atoms with Gasteiger partial charge in [0.2, 0.25) is 0 Å². The van der Waals surface area contributed by atoms with Gasteiger partial charge in [0.15, 0.2) is 0 Å². The molecule has 0 aliphatic heterocycles. The molecule has 0 aromatic heterocycles. The minimum atomic E-state index is -0.325. The summed E-state index contributed by atoms with van der Waals surface area (Å²) in [7, 11) is 0. The number of benzene rings is 2. The van der Waals surface area contributed by atoms with Gasteiger partial charge in [0.05, 0.1) is 16.1 Å². The number of halogens is 2. The Morgan fingerprint density at radius 1 is 1.10 bits per heavy atom. The van der Waals surface area contributed by atoms with Crippen LogP contribution in [0.25, 0.3) is 0 Å². The number of rotatable bonds is 5. The van der Waals surface area contributed by atoms with Gasteiger partial charge in [0.1, 0.15) is 30.5 Å². The third-order valence-electron chi connectivity index (χ3n) is 2.47. The first kappa shape index (κ1) is 14.4. The molecule has 0 bridgehead atoms. The topological polar surface area (TPSA) is 42.2 Å². The van der Waals surface area contributed by atoms with E-state index in [0.717, 1.165) is 0 Å². The van der Waals surface area contributed by atoms with Crippen LogP contribution >= 0.6 is 15.9 Å². The summed E-state index contributed by atoms with van der Waals surface area (Å²) in [6.45, 7) is 0.652. The van der Waals surface area contributed by atoms with Crippen LogP contribution in [0.3, 0.4) is 0 Å². The van der Waals surface area contributed by atoms with E-state index in [2.05, 4.69) is 15.9 Å². The maximum Gasteiger partial charge on any atom is 0.133 e. The van der Waals surface area contributed by atoms with Gasteiger partial charge in [-0.25, -0.2) is 4.39 Å². The van der Waals surface area contributed by atoms with Crippen LogP contribution in [0.5, 0.6) is 11.5 Å². The van der Waals surface area contributed by atoms with Crippen LogP contribution in [0.1, 0.15) is 5.56 Å². The molecule has 0 spiro atoms. The van der Waals surface area contributed by atoms with E-state index >= 15 is 0 Å². The zero-order valence-electron chi connectivity index (χ0n) is 10.5. The fraction of sp³-hybridized carbons (Fsp3) is 0.133. The van der Waals surface area contributed by atoms with E-state index in [9.17, 15) is 4.39 Å². The molecule has 0 heterocycles. The molecule has 0 saturated carbocycles. The van der Waals surface area contributed by atoms with Crippen LogP contribution in [-0.4, -0.2) is 13.2 Å². The Morgan fingerprint density at radius 2 is 1.90 bits per heavy atom. The Balaban J connectivity index is 1.83. The largest absolute Gasteiger partial charge is 0.490 e. The lowest BCUT2D eigenvalue weighted by Crippen LogP contribution is -2.09. The average Bonchev–Trinajstić information content (AvgIpc) is 2.45. The van der Waals surface area contributed by atoms with Crippen molar-refractivity contribution in [3.05, 3.63) is 58.3 Å². The Morgan fingerprint density at radius 3 is 2.65 bits per heavy atom. The zero-order valence-corrected chi connectivity index (χ0v) is 12.1. The smallest absolute Gasteiger partial charge is 0.133 e. The van der Waals surface area contributed by atoms with Crippen molar-refractivity contribution in [2.75, 3.05) is 13.2 Å². The van der Waals surface area contributed by atoms with Crippen LogP contribution in [0.4, 0.5) is 4.39 Å². The highest BCUT2D eigenvalue weighted by molar-refractivity contribution is 9.10. The lowest BCUT2D eigenvalue weighted by Gasteiger charge is -2.09. The summed E-state index contributed by atoms with van der Waals surface area (Å²) < 4.78 is 24.4. The second kappa shape index (κ2) is 6.92. The molecule has 0 N–H and O–H groups in total. The lowest BCUT2D eigenvalue weighted by molar-refractivity contribution is 0.216. The van der Waals surface area contributed by atoms with Crippen molar-refractivity contribution >= 4 is 15.9 Å². The van der Waals surface area contributed by atoms with Gasteiger partial charge >= 0.3 is 0 Å². The van der Waals surface area contributed by atoms with Gasteiger partial charge in [0.25, 0.3) is 0 Å². The van der Waals surface area contributed by atoms with Gasteiger partial charge < -0.3 is 9.47 Å². The third-order valence-corrected chi connectivity index (χ3v) is 3.09. The van der Waals surface area contributed by atoms with E-state index in [4.69, 9.17) is 14.7 Å². The van der Waals surface area contributed by atoms with E-state index in [0.29, 0.717) is 34.7 Å². The standard InChI is InChI=1S/C15H11BrFNO2/c16-14-9-12(17)4-5-15(14)20-7-6-19-13-3-1-2-11(8-13)10-18/h1-5,8-9H,6-7H2. The van der Waals surface area contributed by atoms with Crippen LogP contribution in [-0.2, 0) is 0 Å². The normalized spacial score (nSPS) is 9.85. The van der Waals surface area contributed by atoms with Crippen molar-refractivity contribution in [2.24, 2.45) is 0 Å². The van der Waals surface area contributed by atoms with Crippen molar-refractivity contribution < 1.29 is 13.9 Å². The van der Waals surface area contributed by atoms with E-state index < -0.39 is 0 Å². The summed E-state index contributed by atoms with van der Waals surface area (Å²) in [6, 6.07) is 13.2. The Hall–Kier alpha value is -2.06. The second-order valence-electron chi connectivity index (χ2n) is 3.91. The minimum Gasteiger partial charge on any atom is -0.490 e. The van der Waals surface area contributed by atoms with Gasteiger partial charge in [-0.05, 0) is 52.3 Å². The fourth-order valence-electron chi connectivity index (χ4n) is 1.56. The van der Waals surface area contributed by atoms with Gasteiger partial charge in [-0.3, -0.25) is 0 Å². The molecule has 2 aromatic carbocycles. The molecule has 0 aliphatic rings. The highest BCUT2D eigenvalue weighted by Gasteiger charge is 2.02. The first-order valence-corrected chi connectivity index (χ1v) is 6.69. The van der Waals surface area contributed by atoms with Gasteiger partial charge in [-0.1, -0.05) is 6.07 Å². The maximum absolute atomic E-state index is 12.9. The maximum atomic E-state index is 12.9. The van der Waals surface area contributed by atoms with Crippen LogP contribution in [0, 0.1) is 17.1 Å². The highest BCUT2D eigenvalue weighted by atomic mass is 79.9. The molecule has 0 saturated heterocycles. The number of hydrogen-bond acceptors (Lipinski definition) is 3. The Bertz CT molecular complexity index is 640. The van der Waals surface area contributed by atoms with Crippen molar-refractivity contribution in [2.45, 2.75) is 0 Å². The summed E-state index contributed by atoms with van der Waals surface area (Å²) in [5, 5.41) is 8.77. The summed E-state index contributed by atoms with van der Waals surface area (Å²) in [6.07, 6.45) is 0. The van der Waals surface area contributed by atoms with Crippen LogP contribution < -0.4 is 9.47 Å². The molecule has 2 rings (SSSR count). The quantitative estimate of drug-likeness (QED) is 0.778. The van der Waals surface area contributed by atoms with Crippen molar-refractivity contribution in [3.8, 4) is 17.6 Å². The van der Waals surface area contributed by atoms with Gasteiger partial charge in [-0.15, -0.1) is 0 Å². The van der Waals surface area contributed by atoms with Crippen LogP contribution in [0.15, 0.2) is 46.9 Å². The first-order chi connectivity index (χ1) is 9.69. The molecular weight excluding hydrogens is 325 g/mol. The monoisotopic (exact) mass is 335 g/mol. The van der Waals surface area contributed by atoms with E-state index in [1.54, 1.807) is 30.3 Å². The molecule has 5 heteroatoms. The molecule has 0 amide bonds. The van der Waals surface area contributed by atoms with E-state index in [-0.39, 0.29) is 5.82 Å². The third kappa shape index (κ3) is 3.97. The first-order valence-electron chi connectivity index (χ1n) is 5.90. The molecule has 0 aliphatic carbocycles. The summed E-state index contributed by atoms with van der Waals surface area (Å²) in [5.41, 5.74) is 0.546. The predicted octanol–water partition coefficient (Wildman–Crippen LogP) is 3.92. The van der Waals surface area contributed by atoms with Crippen molar-refractivity contribution in [1.82, 2.24) is 0 Å². The fourth-order valence-corrected chi connectivity index (χ4v) is 2.02. The zero-order chi connectivity index (χ0) is 14.4. The van der Waals surface area contributed by atoms with E-state index in [1.807, 2.05) is 6.07 Å². The number of hydrogen-bond donors (Lipinski definition) is 0. The van der Waals surface area contributed by atoms with Gasteiger partial charge in [0, 0.05) is 0 Å². The number of nitriles is 1. The Labute approximate surface area is 124 Å². The molecule has 20 heavy (non-hydrogen) atoms. The number of ether oxygens (including phenoxy) is 2. The lowest BCUT2D eigenvalue weighted by atomic mass is 10.2. The molecule has 0 fully saturated rings. The molecule has 2 aromatic rings. The summed E-state index contributed by atoms with van der Waals surface area (Å²) >= 11 is 3.22. The minimum absolute atomic E-state index is 0.320. The van der Waals surface area contributed by atoms with Gasteiger partial charge in [-0.2, -0.15) is 5.26 Å².